The number of nitrogens with zero attached hydrogens (tertiary/aromatic N) is 2. The van der Waals surface area contributed by atoms with Crippen LogP contribution in [0.5, 0.6) is 0 Å². The molecule has 0 aromatic carbocycles. The van der Waals surface area contributed by atoms with Gasteiger partial charge < -0.3 is 10.3 Å². The van der Waals surface area contributed by atoms with Crippen molar-refractivity contribution in [3.63, 3.8) is 0 Å². The molecule has 5 nitrogen and oxygen atoms in total. The average Bonchev–Trinajstić information content (AvgIpc) is 3.14. The number of aromatic amines is 1. The van der Waals surface area contributed by atoms with Crippen molar-refractivity contribution in [1.29, 1.82) is 0 Å². The van der Waals surface area contributed by atoms with Gasteiger partial charge in [-0.1, -0.05) is 0 Å². The molecule has 2 aromatic rings. The number of hydrogen-bond acceptors (Lipinski definition) is 5. The molecule has 126 valence electrons. The summed E-state index contributed by atoms with van der Waals surface area (Å²) >= 11 is 1.62. The van der Waals surface area contributed by atoms with Crippen LogP contribution in [0.3, 0.4) is 0 Å². The van der Waals surface area contributed by atoms with Crippen LogP contribution in [0.4, 0.5) is 0 Å². The Labute approximate surface area is 145 Å². The van der Waals surface area contributed by atoms with Gasteiger partial charge in [0.2, 0.25) is 0 Å². The first kappa shape index (κ1) is 16.9. The summed E-state index contributed by atoms with van der Waals surface area (Å²) in [5, 5.41) is 4.25. The minimum Gasteiger partial charge on any atom is -0.316 e. The van der Waals surface area contributed by atoms with Gasteiger partial charge in [0.25, 0.3) is 5.56 Å². The number of aryl methyl sites for hydroxylation is 2. The lowest BCUT2D eigenvalue weighted by Gasteiger charge is -2.22. The van der Waals surface area contributed by atoms with E-state index in [1.54, 1.807) is 11.3 Å². The molecule has 2 aliphatic rings. The zero-order valence-electron chi connectivity index (χ0n) is 13.6. The second-order valence-corrected chi connectivity index (χ2v) is 8.07. The summed E-state index contributed by atoms with van der Waals surface area (Å²) in [6.07, 6.45) is 2.53. The number of fused-ring (bicyclic) bond motifs is 1. The molecule has 2 saturated heterocycles. The second kappa shape index (κ2) is 6.16. The quantitative estimate of drug-likeness (QED) is 0.868. The van der Waals surface area contributed by atoms with Gasteiger partial charge in [0.1, 0.15) is 10.7 Å². The molecule has 1 atom stereocenters. The van der Waals surface area contributed by atoms with Crippen LogP contribution in [0, 0.1) is 19.3 Å². The predicted molar refractivity (Wildman–Crippen MR) is 96.8 cm³/mol. The van der Waals surface area contributed by atoms with Gasteiger partial charge in [-0.2, -0.15) is 0 Å². The number of rotatable bonds is 2. The van der Waals surface area contributed by atoms with E-state index >= 15 is 0 Å². The molecule has 0 bridgehead atoms. The first-order chi connectivity index (χ1) is 10.6. The summed E-state index contributed by atoms with van der Waals surface area (Å²) in [5.74, 6) is 0.807. The van der Waals surface area contributed by atoms with Gasteiger partial charge in [-0.05, 0) is 50.8 Å². The number of halogens is 1. The van der Waals surface area contributed by atoms with Crippen LogP contribution in [-0.2, 0) is 6.54 Å². The minimum atomic E-state index is 0. The van der Waals surface area contributed by atoms with Gasteiger partial charge in [0.15, 0.2) is 0 Å². The van der Waals surface area contributed by atoms with Crippen molar-refractivity contribution in [2.24, 2.45) is 5.41 Å². The summed E-state index contributed by atoms with van der Waals surface area (Å²) < 4.78 is 0. The van der Waals surface area contributed by atoms with Gasteiger partial charge in [-0.3, -0.25) is 9.69 Å². The maximum absolute atomic E-state index is 12.3. The zero-order chi connectivity index (χ0) is 15.3. The van der Waals surface area contributed by atoms with Crippen molar-refractivity contribution < 1.29 is 0 Å². The summed E-state index contributed by atoms with van der Waals surface area (Å²) in [7, 11) is 0. The lowest BCUT2D eigenvalue weighted by Crippen LogP contribution is -2.29. The van der Waals surface area contributed by atoms with Crippen LogP contribution in [0.15, 0.2) is 4.79 Å². The maximum atomic E-state index is 12.3. The van der Waals surface area contributed by atoms with Crippen molar-refractivity contribution in [2.45, 2.75) is 33.2 Å². The molecule has 2 N–H and O–H groups in total. The highest BCUT2D eigenvalue weighted by atomic mass is 35.5. The summed E-state index contributed by atoms with van der Waals surface area (Å²) in [4.78, 5) is 24.5. The van der Waals surface area contributed by atoms with Gasteiger partial charge in [-0.15, -0.1) is 23.7 Å². The van der Waals surface area contributed by atoms with Crippen LogP contribution in [-0.4, -0.2) is 41.0 Å². The minimum absolute atomic E-state index is 0. The SMILES string of the molecule is Cc1sc2nc(CN3CCC4(CCNC4)C3)[nH]c(=O)c2c1C.Cl. The van der Waals surface area contributed by atoms with E-state index < -0.39 is 0 Å². The summed E-state index contributed by atoms with van der Waals surface area (Å²) in [6.45, 7) is 9.30. The first-order valence-corrected chi connectivity index (χ1v) is 8.80. The standard InChI is InChI=1S/C16H22N4OS.ClH/c1-10-11(2)22-15-13(10)14(21)18-12(19-15)7-20-6-4-16(9-20)3-5-17-8-16;/h17H,3-9H2,1-2H3,(H,18,19,21);1H. The highest BCUT2D eigenvalue weighted by molar-refractivity contribution is 7.18. The molecule has 0 saturated carbocycles. The third-order valence-corrected chi connectivity index (χ3v) is 6.41. The topological polar surface area (TPSA) is 61.0 Å². The number of nitrogens with one attached hydrogen (secondary N) is 2. The second-order valence-electron chi connectivity index (χ2n) is 6.86. The van der Waals surface area contributed by atoms with Crippen molar-refractivity contribution in [3.8, 4) is 0 Å². The summed E-state index contributed by atoms with van der Waals surface area (Å²) in [5.41, 5.74) is 1.54. The maximum Gasteiger partial charge on any atom is 0.259 e. The fraction of sp³-hybridized carbons (Fsp3) is 0.625. The lowest BCUT2D eigenvalue weighted by atomic mass is 9.87. The molecule has 2 aromatic heterocycles. The van der Waals surface area contributed by atoms with Gasteiger partial charge in [0, 0.05) is 18.0 Å². The zero-order valence-corrected chi connectivity index (χ0v) is 15.2. The number of hydrogen-bond donors (Lipinski definition) is 2. The largest absolute Gasteiger partial charge is 0.316 e. The normalized spacial score (nSPS) is 24.6. The van der Waals surface area contributed by atoms with Gasteiger partial charge in [-0.25, -0.2) is 4.98 Å². The van der Waals surface area contributed by atoms with Crippen molar-refractivity contribution >= 4 is 34.0 Å². The van der Waals surface area contributed by atoms with E-state index in [2.05, 4.69) is 22.1 Å². The highest BCUT2D eigenvalue weighted by Crippen LogP contribution is 2.36. The van der Waals surface area contributed by atoms with E-state index in [-0.39, 0.29) is 18.0 Å². The van der Waals surface area contributed by atoms with E-state index in [9.17, 15) is 4.79 Å². The van der Waals surface area contributed by atoms with Crippen LogP contribution in [0.25, 0.3) is 10.2 Å². The van der Waals surface area contributed by atoms with Crippen LogP contribution in [0.1, 0.15) is 29.1 Å². The Morgan fingerprint density at radius 1 is 1.35 bits per heavy atom. The number of thiophene rings is 1. The smallest absolute Gasteiger partial charge is 0.259 e. The van der Waals surface area contributed by atoms with E-state index in [0.717, 1.165) is 54.3 Å². The Morgan fingerprint density at radius 2 is 2.17 bits per heavy atom. The predicted octanol–water partition coefficient (Wildman–Crippen LogP) is 2.21. The third kappa shape index (κ3) is 2.93. The first-order valence-electron chi connectivity index (χ1n) is 7.98. The van der Waals surface area contributed by atoms with Crippen molar-refractivity contribution in [1.82, 2.24) is 20.2 Å². The molecule has 23 heavy (non-hydrogen) atoms. The molecule has 0 radical (unpaired) electrons. The Kier molecular flexibility index (Phi) is 4.53. The Balaban J connectivity index is 0.00000156. The van der Waals surface area contributed by atoms with E-state index in [0.29, 0.717) is 5.41 Å². The van der Waals surface area contributed by atoms with Crippen molar-refractivity contribution in [2.75, 3.05) is 26.2 Å². The molecule has 7 heteroatoms. The van der Waals surface area contributed by atoms with E-state index in [1.165, 1.54) is 17.7 Å². The third-order valence-electron chi connectivity index (χ3n) is 5.31. The molecule has 2 aliphatic heterocycles. The Hall–Kier alpha value is -0.950. The number of aromatic nitrogens is 2. The Bertz CT molecular complexity index is 778. The molecule has 0 aliphatic carbocycles. The van der Waals surface area contributed by atoms with Crippen LogP contribution in [0.2, 0.25) is 0 Å². The monoisotopic (exact) mass is 354 g/mol. The lowest BCUT2D eigenvalue weighted by molar-refractivity contribution is 0.264. The number of H-pyrrole nitrogens is 1. The van der Waals surface area contributed by atoms with E-state index in [4.69, 9.17) is 4.98 Å². The Morgan fingerprint density at radius 3 is 2.91 bits per heavy atom. The molecule has 1 spiro atoms. The van der Waals surface area contributed by atoms with E-state index in [1.807, 2.05) is 6.92 Å². The fourth-order valence-corrected chi connectivity index (χ4v) is 4.94. The summed E-state index contributed by atoms with van der Waals surface area (Å²) in [6, 6.07) is 0. The molecule has 2 fully saturated rings. The van der Waals surface area contributed by atoms with Gasteiger partial charge in [0.05, 0.1) is 11.9 Å². The average molecular weight is 355 g/mol. The molecule has 0 amide bonds. The van der Waals surface area contributed by atoms with Crippen LogP contribution >= 0.6 is 23.7 Å². The molecule has 4 rings (SSSR count). The number of likely N-dealkylation sites (tertiary alicyclic amines) is 1. The highest BCUT2D eigenvalue weighted by Gasteiger charge is 2.40. The fourth-order valence-electron chi connectivity index (χ4n) is 3.89. The molecular formula is C16H23ClN4OS. The van der Waals surface area contributed by atoms with Crippen molar-refractivity contribution in [3.05, 3.63) is 26.6 Å². The molecule has 1 unspecified atom stereocenters. The molecular weight excluding hydrogens is 332 g/mol. The van der Waals surface area contributed by atoms with Gasteiger partial charge >= 0.3 is 0 Å². The van der Waals surface area contributed by atoms with Crippen LogP contribution < -0.4 is 10.9 Å². The molecule has 4 heterocycles.